The standard InChI is InChI=1S/C12H13N6/c1-17-6-7-18(9-17)8-11-12(15-16-14-11)10-4-2-3-5-13-10/h2-7,9H,8H2,1H3,(H,14,15,16)/q+1. The van der Waals surface area contributed by atoms with Crippen molar-refractivity contribution >= 4 is 0 Å². The molecule has 0 spiro atoms. The summed E-state index contributed by atoms with van der Waals surface area (Å²) in [5, 5.41) is 11.0. The first-order chi connectivity index (χ1) is 8.83. The molecule has 3 aromatic rings. The molecule has 0 aliphatic heterocycles. The first kappa shape index (κ1) is 10.6. The fraction of sp³-hybridized carbons (Fsp3) is 0.167. The molecule has 0 radical (unpaired) electrons. The van der Waals surface area contributed by atoms with Crippen LogP contribution in [-0.4, -0.2) is 25.0 Å². The molecule has 6 heteroatoms. The zero-order valence-electron chi connectivity index (χ0n) is 9.98. The van der Waals surface area contributed by atoms with Crippen LogP contribution in [0.5, 0.6) is 0 Å². The van der Waals surface area contributed by atoms with E-state index in [1.807, 2.05) is 53.1 Å². The van der Waals surface area contributed by atoms with Crippen molar-refractivity contribution in [2.24, 2.45) is 7.05 Å². The van der Waals surface area contributed by atoms with Crippen molar-refractivity contribution in [1.82, 2.24) is 25.0 Å². The van der Waals surface area contributed by atoms with Crippen molar-refractivity contribution in [2.45, 2.75) is 6.54 Å². The Balaban J connectivity index is 1.93. The first-order valence-electron chi connectivity index (χ1n) is 5.65. The number of nitrogens with zero attached hydrogens (tertiary/aromatic N) is 5. The summed E-state index contributed by atoms with van der Waals surface area (Å²) >= 11 is 0. The summed E-state index contributed by atoms with van der Waals surface area (Å²) in [6.45, 7) is 0.670. The van der Waals surface area contributed by atoms with Crippen LogP contribution in [0, 0.1) is 0 Å². The fourth-order valence-corrected chi connectivity index (χ4v) is 1.84. The van der Waals surface area contributed by atoms with Crippen LogP contribution in [0.25, 0.3) is 11.4 Å². The second-order valence-corrected chi connectivity index (χ2v) is 4.09. The van der Waals surface area contributed by atoms with E-state index in [1.165, 1.54) is 0 Å². The lowest BCUT2D eigenvalue weighted by Crippen LogP contribution is -2.23. The third-order valence-electron chi connectivity index (χ3n) is 2.68. The van der Waals surface area contributed by atoms with Crippen molar-refractivity contribution in [1.29, 1.82) is 0 Å². The highest BCUT2D eigenvalue weighted by Gasteiger charge is 2.14. The van der Waals surface area contributed by atoms with E-state index in [1.54, 1.807) is 6.20 Å². The predicted octanol–water partition coefficient (Wildman–Crippen LogP) is 0.541. The van der Waals surface area contributed by atoms with Crippen molar-refractivity contribution in [2.75, 3.05) is 0 Å². The maximum Gasteiger partial charge on any atom is 0.243 e. The topological polar surface area (TPSA) is 63.3 Å². The second kappa shape index (κ2) is 4.40. The summed E-state index contributed by atoms with van der Waals surface area (Å²) in [5.41, 5.74) is 2.51. The van der Waals surface area contributed by atoms with E-state index in [0.29, 0.717) is 6.54 Å². The van der Waals surface area contributed by atoms with Crippen LogP contribution in [0.3, 0.4) is 0 Å². The van der Waals surface area contributed by atoms with Gasteiger partial charge in [0.1, 0.15) is 30.3 Å². The van der Waals surface area contributed by atoms with E-state index in [0.717, 1.165) is 17.1 Å². The van der Waals surface area contributed by atoms with Crippen molar-refractivity contribution < 1.29 is 4.57 Å². The fourth-order valence-electron chi connectivity index (χ4n) is 1.84. The van der Waals surface area contributed by atoms with Crippen LogP contribution >= 0.6 is 0 Å². The van der Waals surface area contributed by atoms with Gasteiger partial charge in [-0.2, -0.15) is 15.4 Å². The summed E-state index contributed by atoms with van der Waals surface area (Å²) in [4.78, 5) is 4.29. The average Bonchev–Trinajstić information content (AvgIpc) is 3.00. The first-order valence-corrected chi connectivity index (χ1v) is 5.65. The quantitative estimate of drug-likeness (QED) is 0.681. The molecule has 18 heavy (non-hydrogen) atoms. The minimum atomic E-state index is 0.670. The molecule has 0 atom stereocenters. The molecule has 0 aromatic carbocycles. The zero-order chi connectivity index (χ0) is 12.4. The van der Waals surface area contributed by atoms with Crippen molar-refractivity contribution in [3.63, 3.8) is 0 Å². The molecule has 0 bridgehead atoms. The number of rotatable bonds is 3. The van der Waals surface area contributed by atoms with Gasteiger partial charge in [-0.1, -0.05) is 6.07 Å². The lowest BCUT2D eigenvalue weighted by molar-refractivity contribution is -0.671. The Bertz CT molecular complexity index is 639. The number of pyridine rings is 1. The number of aromatic amines is 1. The molecule has 3 rings (SSSR count). The summed E-state index contributed by atoms with van der Waals surface area (Å²) in [5.74, 6) is 0. The Kier molecular flexibility index (Phi) is 2.60. The average molecular weight is 241 g/mol. The molecule has 90 valence electrons. The number of aryl methyl sites for hydroxylation is 1. The van der Waals surface area contributed by atoms with Gasteiger partial charge in [0.2, 0.25) is 6.33 Å². The highest BCUT2D eigenvalue weighted by molar-refractivity contribution is 5.55. The lowest BCUT2D eigenvalue weighted by Gasteiger charge is -1.97. The van der Waals surface area contributed by atoms with Crippen LogP contribution < -0.4 is 4.57 Å². The molecule has 0 amide bonds. The Morgan fingerprint density at radius 1 is 1.33 bits per heavy atom. The molecule has 3 aromatic heterocycles. The van der Waals surface area contributed by atoms with Gasteiger partial charge in [-0.15, -0.1) is 0 Å². The molecule has 0 fully saturated rings. The number of hydrogen-bond acceptors (Lipinski definition) is 3. The predicted molar refractivity (Wildman–Crippen MR) is 64.3 cm³/mol. The molecule has 1 N–H and O–H groups in total. The summed E-state index contributed by atoms with van der Waals surface area (Å²) < 4.78 is 4.03. The van der Waals surface area contributed by atoms with Gasteiger partial charge in [0.15, 0.2) is 0 Å². The van der Waals surface area contributed by atoms with Crippen LogP contribution in [-0.2, 0) is 13.6 Å². The molecule has 0 aliphatic carbocycles. The van der Waals surface area contributed by atoms with Crippen LogP contribution in [0.4, 0.5) is 0 Å². The number of H-pyrrole nitrogens is 1. The summed E-state index contributed by atoms with van der Waals surface area (Å²) in [7, 11) is 1.99. The monoisotopic (exact) mass is 241 g/mol. The molecular weight excluding hydrogens is 228 g/mol. The Hall–Kier alpha value is -2.50. The van der Waals surface area contributed by atoms with Crippen LogP contribution in [0.2, 0.25) is 0 Å². The van der Waals surface area contributed by atoms with E-state index < -0.39 is 0 Å². The van der Waals surface area contributed by atoms with E-state index in [2.05, 4.69) is 20.4 Å². The highest BCUT2D eigenvalue weighted by Crippen LogP contribution is 2.16. The molecule has 0 saturated heterocycles. The van der Waals surface area contributed by atoms with E-state index in [9.17, 15) is 0 Å². The lowest BCUT2D eigenvalue weighted by atomic mass is 10.2. The molecule has 0 aliphatic rings. The van der Waals surface area contributed by atoms with Crippen LogP contribution in [0.15, 0.2) is 43.1 Å². The number of imidazole rings is 1. The van der Waals surface area contributed by atoms with E-state index in [-0.39, 0.29) is 0 Å². The molecular formula is C12H13N6+. The molecule has 0 unspecified atom stereocenters. The molecule has 3 heterocycles. The normalized spacial score (nSPS) is 10.7. The van der Waals surface area contributed by atoms with Gasteiger partial charge in [-0.25, -0.2) is 9.13 Å². The van der Waals surface area contributed by atoms with Gasteiger partial charge < -0.3 is 0 Å². The summed E-state index contributed by atoms with van der Waals surface area (Å²) in [6, 6.07) is 5.75. The van der Waals surface area contributed by atoms with Gasteiger partial charge in [0.05, 0.1) is 12.7 Å². The van der Waals surface area contributed by atoms with Gasteiger partial charge in [0.25, 0.3) is 0 Å². The number of hydrogen-bond donors (Lipinski definition) is 1. The van der Waals surface area contributed by atoms with Gasteiger partial charge >= 0.3 is 0 Å². The number of aromatic nitrogens is 6. The SMILES string of the molecule is C[n+]1ccn(Cc2n[nH]nc2-c2ccccn2)c1. The molecule has 0 saturated carbocycles. The highest BCUT2D eigenvalue weighted by atomic mass is 15.3. The third kappa shape index (κ3) is 2.00. The Morgan fingerprint density at radius 3 is 3.00 bits per heavy atom. The Labute approximate surface area is 104 Å². The van der Waals surface area contributed by atoms with Gasteiger partial charge in [-0.05, 0) is 12.1 Å². The molecule has 6 nitrogen and oxygen atoms in total. The zero-order valence-corrected chi connectivity index (χ0v) is 9.98. The van der Waals surface area contributed by atoms with E-state index in [4.69, 9.17) is 0 Å². The van der Waals surface area contributed by atoms with Crippen molar-refractivity contribution in [3.8, 4) is 11.4 Å². The largest absolute Gasteiger partial charge is 0.254 e. The number of nitrogens with one attached hydrogen (secondary N) is 1. The Morgan fingerprint density at radius 2 is 2.28 bits per heavy atom. The third-order valence-corrected chi connectivity index (χ3v) is 2.68. The van der Waals surface area contributed by atoms with Crippen molar-refractivity contribution in [3.05, 3.63) is 48.8 Å². The minimum absolute atomic E-state index is 0.670. The summed E-state index contributed by atoms with van der Waals surface area (Å²) in [6.07, 6.45) is 7.73. The van der Waals surface area contributed by atoms with Crippen LogP contribution in [0.1, 0.15) is 5.69 Å². The maximum atomic E-state index is 4.29. The van der Waals surface area contributed by atoms with Gasteiger partial charge in [-0.3, -0.25) is 4.98 Å². The second-order valence-electron chi connectivity index (χ2n) is 4.09. The van der Waals surface area contributed by atoms with E-state index >= 15 is 0 Å². The maximum absolute atomic E-state index is 4.29. The smallest absolute Gasteiger partial charge is 0.243 e. The minimum Gasteiger partial charge on any atom is -0.254 e. The van der Waals surface area contributed by atoms with Gasteiger partial charge in [0, 0.05) is 6.20 Å².